The minimum Gasteiger partial charge on any atom is -0.351 e. The summed E-state index contributed by atoms with van der Waals surface area (Å²) in [6.07, 6.45) is 1.15. The van der Waals surface area contributed by atoms with Gasteiger partial charge in [0.1, 0.15) is 5.69 Å². The Kier molecular flexibility index (Phi) is 4.87. The summed E-state index contributed by atoms with van der Waals surface area (Å²) in [4.78, 5) is 20.5. The van der Waals surface area contributed by atoms with Gasteiger partial charge in [-0.25, -0.2) is 9.97 Å². The smallest absolute Gasteiger partial charge is 0.351 e. The minimum absolute atomic E-state index is 0.00692. The maximum Gasteiger partial charge on any atom is 0.418 e. The number of rotatable bonds is 4. The van der Waals surface area contributed by atoms with Gasteiger partial charge in [0.05, 0.1) is 11.3 Å². The average Bonchev–Trinajstić information content (AvgIpc) is 3.07. The van der Waals surface area contributed by atoms with Crippen molar-refractivity contribution in [3.05, 3.63) is 47.8 Å². The number of nitrogens with zero attached hydrogens (tertiary/aromatic N) is 2. The van der Waals surface area contributed by atoms with Gasteiger partial charge >= 0.3 is 6.18 Å². The van der Waals surface area contributed by atoms with Crippen LogP contribution in [-0.4, -0.2) is 21.9 Å². The summed E-state index contributed by atoms with van der Waals surface area (Å²) in [6.45, 7) is 0. The summed E-state index contributed by atoms with van der Waals surface area (Å²) in [5.41, 5.74) is -1.20. The van der Waals surface area contributed by atoms with Crippen LogP contribution in [0.3, 0.4) is 0 Å². The molecule has 1 fully saturated rings. The first kappa shape index (κ1) is 17.2. The molecular formula is C17H17F3N4O. The van der Waals surface area contributed by atoms with Crippen molar-refractivity contribution in [1.29, 1.82) is 0 Å². The zero-order valence-electron chi connectivity index (χ0n) is 13.3. The van der Waals surface area contributed by atoms with Gasteiger partial charge in [0.2, 0.25) is 5.95 Å². The van der Waals surface area contributed by atoms with Crippen LogP contribution < -0.4 is 10.6 Å². The van der Waals surface area contributed by atoms with Gasteiger partial charge in [-0.15, -0.1) is 0 Å². The molecule has 5 nitrogen and oxygen atoms in total. The van der Waals surface area contributed by atoms with Crippen LogP contribution in [-0.2, 0) is 6.18 Å². The van der Waals surface area contributed by atoms with Crippen molar-refractivity contribution in [3.63, 3.8) is 0 Å². The lowest BCUT2D eigenvalue weighted by atomic mass is 10.1. The monoisotopic (exact) mass is 350 g/mol. The molecule has 1 heterocycles. The van der Waals surface area contributed by atoms with E-state index in [9.17, 15) is 18.0 Å². The lowest BCUT2D eigenvalue weighted by molar-refractivity contribution is -0.136. The molecule has 1 saturated carbocycles. The predicted molar refractivity (Wildman–Crippen MR) is 87.3 cm³/mol. The number of nitrogens with one attached hydrogen (secondary N) is 2. The van der Waals surface area contributed by atoms with Gasteiger partial charge in [0.15, 0.2) is 0 Å². The number of carbonyl (C=O) groups is 1. The Balaban J connectivity index is 1.76. The molecule has 1 aliphatic carbocycles. The number of para-hydroxylation sites is 1. The number of carbonyl (C=O) groups excluding carboxylic acids is 1. The molecule has 1 aromatic heterocycles. The van der Waals surface area contributed by atoms with E-state index in [4.69, 9.17) is 0 Å². The van der Waals surface area contributed by atoms with Crippen LogP contribution in [0.4, 0.5) is 24.8 Å². The lowest BCUT2D eigenvalue weighted by Gasteiger charge is -2.14. The Labute approximate surface area is 142 Å². The van der Waals surface area contributed by atoms with Gasteiger partial charge in [0.25, 0.3) is 5.91 Å². The van der Waals surface area contributed by atoms with Crippen molar-refractivity contribution < 1.29 is 18.0 Å². The quantitative estimate of drug-likeness (QED) is 0.871. The van der Waals surface area contributed by atoms with Gasteiger partial charge < -0.3 is 10.6 Å². The maximum atomic E-state index is 13.0. The standard InChI is InChI=1S/C17H17F3N4O/c18-17(19,20)12-7-3-4-8-13(12)23-15(25)14-9-10-21-16(24-14)22-11-5-1-2-6-11/h3-4,7-11H,1-2,5-6H2,(H,23,25)(H,21,22,24). The van der Waals surface area contributed by atoms with E-state index in [1.807, 2.05) is 0 Å². The molecule has 132 valence electrons. The first-order chi connectivity index (χ1) is 11.9. The third-order valence-corrected chi connectivity index (χ3v) is 4.06. The third-order valence-electron chi connectivity index (χ3n) is 4.06. The Morgan fingerprint density at radius 2 is 1.84 bits per heavy atom. The minimum atomic E-state index is -4.55. The van der Waals surface area contributed by atoms with Crippen molar-refractivity contribution in [2.75, 3.05) is 10.6 Å². The first-order valence-corrected chi connectivity index (χ1v) is 8.00. The SMILES string of the molecule is O=C(Nc1ccccc1C(F)(F)F)c1ccnc(NC2CCCC2)n1. The number of amides is 1. The van der Waals surface area contributed by atoms with E-state index >= 15 is 0 Å². The summed E-state index contributed by atoms with van der Waals surface area (Å²) in [5, 5.41) is 5.43. The van der Waals surface area contributed by atoms with E-state index in [2.05, 4.69) is 20.6 Å². The molecule has 2 aromatic rings. The highest BCUT2D eigenvalue weighted by Crippen LogP contribution is 2.34. The van der Waals surface area contributed by atoms with E-state index in [1.165, 1.54) is 30.5 Å². The second-order valence-corrected chi connectivity index (χ2v) is 5.89. The summed E-state index contributed by atoms with van der Waals surface area (Å²) >= 11 is 0. The summed E-state index contributed by atoms with van der Waals surface area (Å²) in [5.74, 6) is -0.405. The van der Waals surface area contributed by atoms with Gasteiger partial charge in [-0.3, -0.25) is 4.79 Å². The van der Waals surface area contributed by atoms with Gasteiger partial charge in [0, 0.05) is 12.2 Å². The molecule has 1 aliphatic rings. The van der Waals surface area contributed by atoms with E-state index in [-0.39, 0.29) is 17.4 Å². The third kappa shape index (κ3) is 4.26. The largest absolute Gasteiger partial charge is 0.418 e. The normalized spacial score (nSPS) is 15.2. The molecule has 1 amide bonds. The molecule has 8 heteroatoms. The highest BCUT2D eigenvalue weighted by atomic mass is 19.4. The lowest BCUT2D eigenvalue weighted by Crippen LogP contribution is -2.20. The Bertz CT molecular complexity index is 758. The van der Waals surface area contributed by atoms with Crippen molar-refractivity contribution in [3.8, 4) is 0 Å². The Morgan fingerprint density at radius 3 is 2.56 bits per heavy atom. The average molecular weight is 350 g/mol. The second-order valence-electron chi connectivity index (χ2n) is 5.89. The van der Waals surface area contributed by atoms with E-state index in [0.29, 0.717) is 5.95 Å². The Hall–Kier alpha value is -2.64. The number of hydrogen-bond acceptors (Lipinski definition) is 4. The first-order valence-electron chi connectivity index (χ1n) is 8.00. The molecule has 1 aromatic carbocycles. The molecule has 0 atom stereocenters. The molecule has 0 unspecified atom stereocenters. The van der Waals surface area contributed by atoms with Crippen LogP contribution in [0.1, 0.15) is 41.7 Å². The summed E-state index contributed by atoms with van der Waals surface area (Å²) in [7, 11) is 0. The zero-order valence-corrected chi connectivity index (χ0v) is 13.3. The fourth-order valence-corrected chi connectivity index (χ4v) is 2.83. The van der Waals surface area contributed by atoms with Crippen LogP contribution in [0.5, 0.6) is 0 Å². The van der Waals surface area contributed by atoms with E-state index in [1.54, 1.807) is 0 Å². The topological polar surface area (TPSA) is 66.9 Å². The molecule has 2 N–H and O–H groups in total. The van der Waals surface area contributed by atoms with Crippen molar-refractivity contribution >= 4 is 17.5 Å². The number of alkyl halides is 3. The highest BCUT2D eigenvalue weighted by molar-refractivity contribution is 6.03. The number of halogens is 3. The molecular weight excluding hydrogens is 333 g/mol. The van der Waals surface area contributed by atoms with Gasteiger partial charge in [-0.05, 0) is 31.0 Å². The van der Waals surface area contributed by atoms with E-state index in [0.717, 1.165) is 31.7 Å². The predicted octanol–water partition coefficient (Wildman–Crippen LogP) is 4.10. The maximum absolute atomic E-state index is 13.0. The fourth-order valence-electron chi connectivity index (χ4n) is 2.83. The van der Waals surface area contributed by atoms with Crippen molar-refractivity contribution in [2.24, 2.45) is 0 Å². The summed E-state index contributed by atoms with van der Waals surface area (Å²) < 4.78 is 39.0. The molecule has 0 saturated heterocycles. The number of aromatic nitrogens is 2. The second kappa shape index (κ2) is 7.08. The van der Waals surface area contributed by atoms with Crippen LogP contribution in [0, 0.1) is 0 Å². The molecule has 0 aliphatic heterocycles. The molecule has 0 radical (unpaired) electrons. The van der Waals surface area contributed by atoms with Gasteiger partial charge in [-0.2, -0.15) is 13.2 Å². The van der Waals surface area contributed by atoms with E-state index < -0.39 is 17.6 Å². The molecule has 3 rings (SSSR count). The fraction of sp³-hybridized carbons (Fsp3) is 0.353. The summed E-state index contributed by atoms with van der Waals surface area (Å²) in [6, 6.07) is 6.46. The van der Waals surface area contributed by atoms with Crippen LogP contribution in [0.15, 0.2) is 36.5 Å². The van der Waals surface area contributed by atoms with Crippen molar-refractivity contribution in [1.82, 2.24) is 9.97 Å². The van der Waals surface area contributed by atoms with Crippen LogP contribution in [0.25, 0.3) is 0 Å². The number of hydrogen-bond donors (Lipinski definition) is 2. The molecule has 0 bridgehead atoms. The Morgan fingerprint density at radius 1 is 1.12 bits per heavy atom. The zero-order chi connectivity index (χ0) is 17.9. The van der Waals surface area contributed by atoms with Gasteiger partial charge in [-0.1, -0.05) is 25.0 Å². The van der Waals surface area contributed by atoms with Crippen LogP contribution in [0.2, 0.25) is 0 Å². The molecule has 25 heavy (non-hydrogen) atoms. The highest BCUT2D eigenvalue weighted by Gasteiger charge is 2.33. The number of benzene rings is 1. The van der Waals surface area contributed by atoms with Crippen molar-refractivity contribution in [2.45, 2.75) is 37.9 Å². The number of anilines is 2. The van der Waals surface area contributed by atoms with Crippen LogP contribution >= 0.6 is 0 Å². The molecule has 0 spiro atoms.